The molecule has 0 unspecified atom stereocenters. The molecule has 0 radical (unpaired) electrons. The van der Waals surface area contributed by atoms with Crippen LogP contribution in [0.25, 0.3) is 94.5 Å². The van der Waals surface area contributed by atoms with Crippen LogP contribution in [0.2, 0.25) is 0 Å². The van der Waals surface area contributed by atoms with Crippen LogP contribution in [0.4, 0.5) is 0 Å². The molecule has 0 saturated carbocycles. The van der Waals surface area contributed by atoms with Crippen molar-refractivity contribution in [3.05, 3.63) is 331 Å². The molecule has 95 heavy (non-hydrogen) atoms. The molecule has 0 amide bonds. The van der Waals surface area contributed by atoms with E-state index in [-0.39, 0.29) is 89.8 Å². The van der Waals surface area contributed by atoms with E-state index in [1.165, 1.54) is 51.6 Å². The van der Waals surface area contributed by atoms with Crippen molar-refractivity contribution in [3.63, 3.8) is 0 Å². The Kier molecular flexibility index (Phi) is 8.60. The van der Waals surface area contributed by atoms with Gasteiger partial charge in [0.15, 0.2) is 8.07 Å². The van der Waals surface area contributed by atoms with Gasteiger partial charge in [0.1, 0.15) is 17.3 Å². The number of benzene rings is 12. The van der Waals surface area contributed by atoms with E-state index in [2.05, 4.69) is 6.33 Å². The second-order valence-corrected chi connectivity index (χ2v) is 28.4. The third-order valence-electron chi connectivity index (χ3n) is 17.0. The Morgan fingerprint density at radius 1 is 0.453 bits per heavy atom. The van der Waals surface area contributed by atoms with Crippen molar-refractivity contribution in [1.29, 1.82) is 0 Å². The zero-order chi connectivity index (χ0) is 93.6. The van der Waals surface area contributed by atoms with E-state index in [1.807, 2.05) is 65.8 Å². The van der Waals surface area contributed by atoms with Crippen LogP contribution in [-0.2, 0) is 10.8 Å². The maximum absolute atomic E-state index is 11.2. The summed E-state index contributed by atoms with van der Waals surface area (Å²) in [6.45, 7) is 3.14. The van der Waals surface area contributed by atoms with Gasteiger partial charge in [0, 0.05) is 40.9 Å². The van der Waals surface area contributed by atoms with E-state index < -0.39 is 211 Å². The zero-order valence-electron chi connectivity index (χ0n) is 85.1. The molecule has 15 rings (SSSR count). The van der Waals surface area contributed by atoms with E-state index in [9.17, 15) is 21.9 Å². The van der Waals surface area contributed by atoms with Gasteiger partial charge in [-0.2, -0.15) is 0 Å². The summed E-state index contributed by atoms with van der Waals surface area (Å²) in [6.07, 6.45) is 4.68. The number of pyridine rings is 1. The van der Waals surface area contributed by atoms with Crippen LogP contribution < -0.4 is 30.1 Å². The van der Waals surface area contributed by atoms with Gasteiger partial charge in [-0.1, -0.05) is 278 Å². The first kappa shape index (κ1) is 33.8. The summed E-state index contributed by atoms with van der Waals surface area (Å²) in [4.78, 5) is 4.73. The number of rotatable bonds is 13. The number of aromatic nitrogens is 4. The van der Waals surface area contributed by atoms with Crippen molar-refractivity contribution >= 4 is 61.7 Å². The average Bonchev–Trinajstić information content (AvgIpc) is 0.723. The molecule has 0 spiro atoms. The SMILES string of the molecule is [2H]c1c([2H])c([2H])c(-c2cnc(-n3c4ccccc4c4ccc(Oc5cccc(-n6[c-][n+](-c7c(-c8cc(C(C)(C)C)cc(C(C)(C)C)c8)cccc7-c7c([2H])c([2H])c([2H])c([Si](c8c([2H])c([2H])c([2H])c([2H])c8[2H])(c8c([2H])c([2H])c([2H])c([2H])c8[2H])c8c([2H])c([2H])c([2H])c([2H])c8[2H])c7[2H])c7ccc(-c8c(C([2H])([2H])[2H])cccc8C([2H])([2H])[2H])cc76)c5)cc43)cc2C([2H])([2H])[2H])c([2H])c1[2H]. The fourth-order valence-corrected chi connectivity index (χ4v) is 15.9. The van der Waals surface area contributed by atoms with Crippen LogP contribution in [0.3, 0.4) is 0 Å². The number of nitrogens with zero attached hydrogens (tertiary/aromatic N) is 4. The number of hydrogen-bond acceptors (Lipinski definition) is 2. The molecule has 5 nitrogen and oxygen atoms in total. The smallest absolute Gasteiger partial charge is 0.269 e. The highest BCUT2D eigenvalue weighted by Gasteiger charge is 2.41. The topological polar surface area (TPSA) is 35.9 Å². The quantitative estimate of drug-likeness (QED) is 0.0499. The van der Waals surface area contributed by atoms with Gasteiger partial charge in [-0.3, -0.25) is 13.7 Å². The first-order valence-electron chi connectivity index (χ1n) is 46.9. The third kappa shape index (κ3) is 11.0. The summed E-state index contributed by atoms with van der Waals surface area (Å²) >= 11 is 0. The van der Waals surface area contributed by atoms with Gasteiger partial charge in [-0.15, -0.1) is 0 Å². The second kappa shape index (κ2) is 24.2. The normalized spacial score (nSPS) is 17.4. The molecule has 0 N–H and O–H groups in total. The maximum Gasteiger partial charge on any atom is 0.269 e. The lowest BCUT2D eigenvalue weighted by atomic mass is 9.78. The van der Waals surface area contributed by atoms with Gasteiger partial charge in [0.2, 0.25) is 0 Å². The van der Waals surface area contributed by atoms with Gasteiger partial charge in [-0.05, 0) is 167 Å². The Morgan fingerprint density at radius 2 is 1.03 bits per heavy atom. The number of fused-ring (bicyclic) bond motifs is 4. The number of aryl methyl sites for hydroxylation is 3. The van der Waals surface area contributed by atoms with Crippen LogP contribution in [0.15, 0.2) is 297 Å². The van der Waals surface area contributed by atoms with Crippen molar-refractivity contribution in [3.8, 4) is 73.2 Å². The highest BCUT2D eigenvalue weighted by molar-refractivity contribution is 7.19. The van der Waals surface area contributed by atoms with Crippen LogP contribution in [-0.4, -0.2) is 22.2 Å². The molecule has 0 atom stereocenters. The number of imidazole rings is 1. The lowest BCUT2D eigenvalue weighted by Gasteiger charge is -2.34. The molecule has 3 aromatic heterocycles. The minimum absolute atomic E-state index is 0.0351. The first-order chi connectivity index (χ1) is 59.7. The van der Waals surface area contributed by atoms with Crippen molar-refractivity contribution in [2.75, 3.05) is 0 Å². The Balaban J connectivity index is 1.06. The Bertz CT molecular complexity index is 6930. The second-order valence-electron chi connectivity index (χ2n) is 24.9. The monoisotopic (exact) mass is 1280 g/mol. The summed E-state index contributed by atoms with van der Waals surface area (Å²) in [7, 11) is -6.46. The molecular weight excluding hydrogens is 1170 g/mol. The summed E-state index contributed by atoms with van der Waals surface area (Å²) in [6, 6.07) is 14.2. The Morgan fingerprint density at radius 3 is 1.68 bits per heavy atom. The summed E-state index contributed by atoms with van der Waals surface area (Å²) in [5.41, 5.74) is -0.146. The van der Waals surface area contributed by atoms with Crippen LogP contribution in [0.5, 0.6) is 11.5 Å². The highest BCUT2D eigenvalue weighted by atomic mass is 28.3. The fourth-order valence-electron chi connectivity index (χ4n) is 12.3. The molecule has 12 aromatic carbocycles. The maximum atomic E-state index is 11.2. The molecular formula is C89H76N4OSi. The summed E-state index contributed by atoms with van der Waals surface area (Å²) in [5, 5.41) is -2.87. The molecule has 0 aliphatic carbocycles. The Hall–Kier alpha value is -10.9. The lowest BCUT2D eigenvalue weighted by molar-refractivity contribution is -0.571. The predicted molar refractivity (Wildman–Crippen MR) is 399 cm³/mol. The minimum atomic E-state index is -6.46. The van der Waals surface area contributed by atoms with Crippen molar-refractivity contribution in [1.82, 2.24) is 14.1 Å². The van der Waals surface area contributed by atoms with Crippen LogP contribution >= 0.6 is 0 Å². The van der Waals surface area contributed by atoms with E-state index >= 15 is 0 Å². The highest BCUT2D eigenvalue weighted by Crippen LogP contribution is 2.42. The van der Waals surface area contributed by atoms with Gasteiger partial charge in [-0.25, -0.2) is 4.98 Å². The van der Waals surface area contributed by atoms with Gasteiger partial charge < -0.3 is 4.74 Å². The van der Waals surface area contributed by atoms with E-state index in [0.29, 0.717) is 27.4 Å². The van der Waals surface area contributed by atoms with Gasteiger partial charge in [0.05, 0.1) is 66.3 Å². The molecule has 0 saturated heterocycles. The zero-order valence-corrected chi connectivity index (χ0v) is 53.1. The molecule has 0 aliphatic heterocycles. The van der Waals surface area contributed by atoms with Crippen molar-refractivity contribution in [2.45, 2.75) is 72.9 Å². The summed E-state index contributed by atoms with van der Waals surface area (Å²) in [5.74, 6) is 0.384. The van der Waals surface area contributed by atoms with E-state index in [0.717, 1.165) is 17.3 Å². The number of hydrogen-bond donors (Lipinski definition) is 0. The lowest BCUT2D eigenvalue weighted by Crippen LogP contribution is -2.74. The van der Waals surface area contributed by atoms with Crippen molar-refractivity contribution < 1.29 is 54.5 Å². The third-order valence-corrected chi connectivity index (χ3v) is 21.0. The number of ether oxygens (including phenoxy) is 1. The van der Waals surface area contributed by atoms with E-state index in [1.54, 1.807) is 83.4 Å². The molecule has 3 heterocycles. The standard InChI is InChI=1S/C89H76N4OSi/c1-60-28-24-29-61(2)86(60)65-46-49-82-84(54-65)91(69-33-26-34-70(56-69)94-71-47-48-79-78-42-22-23-45-81(78)93(83(79)57-71)85-50-62(3)80(58-90-85)63-30-14-10-15-31-63)59-92(82)87-76(43-27-44-77(87)66-51-67(88(4,5)6)55-68(52-66)89(7,8)9)64-32-25-41-75(53-64)95(72-35-16-11-17-36-72,73-37-18-12-19-38-73)74-39-20-13-21-40-74/h10-58H,1-9H3/i1D3,2D3,3D3,10D,11D,12D,13D,14D,15D,16D,17D,18D,19D,20D,21D,25D,30D,31D,32D,35D,36D,37D,38D,39D,40D,41D,53D. The van der Waals surface area contributed by atoms with E-state index in [4.69, 9.17) is 33.0 Å². The van der Waals surface area contributed by atoms with Crippen molar-refractivity contribution in [2.24, 2.45) is 0 Å². The molecule has 0 fully saturated rings. The largest absolute Gasteiger partial charge is 0.458 e. The summed E-state index contributed by atoms with van der Waals surface area (Å²) < 4.78 is 318. The first-order valence-corrected chi connectivity index (χ1v) is 32.4. The minimum Gasteiger partial charge on any atom is -0.458 e. The molecule has 15 aromatic rings. The number of para-hydroxylation sites is 2. The molecule has 0 aliphatic rings. The molecule has 0 bridgehead atoms. The molecule has 462 valence electrons. The van der Waals surface area contributed by atoms with Crippen LogP contribution in [0.1, 0.15) is 115 Å². The molecule has 6 heteroatoms. The fraction of sp³-hybridized carbons (Fsp3) is 0.124. The average molecular weight is 1280 g/mol. The van der Waals surface area contributed by atoms with Gasteiger partial charge in [0.25, 0.3) is 6.33 Å². The van der Waals surface area contributed by atoms with Gasteiger partial charge >= 0.3 is 0 Å². The van der Waals surface area contributed by atoms with Crippen LogP contribution in [0, 0.1) is 26.9 Å². The predicted octanol–water partition coefficient (Wildman–Crippen LogP) is 19.6. The Labute approximate surface area is 605 Å².